The number of carbonyl (C=O) groups excluding carboxylic acids is 1. The van der Waals surface area contributed by atoms with Gasteiger partial charge in [0.1, 0.15) is 0 Å². The lowest BCUT2D eigenvalue weighted by Crippen LogP contribution is -2.44. The van der Waals surface area contributed by atoms with Crippen LogP contribution < -0.4 is 10.6 Å². The van der Waals surface area contributed by atoms with Crippen LogP contribution in [0.15, 0.2) is 54.7 Å². The van der Waals surface area contributed by atoms with Crippen LogP contribution in [0.25, 0.3) is 0 Å². The lowest BCUT2D eigenvalue weighted by atomic mass is 10.0. The monoisotopic (exact) mass is 283 g/mol. The number of hydrogen-bond donors (Lipinski definition) is 2. The number of aromatic nitrogens is 1. The molecule has 1 heterocycles. The van der Waals surface area contributed by atoms with E-state index in [-0.39, 0.29) is 18.0 Å². The fourth-order valence-electron chi connectivity index (χ4n) is 2.20. The number of pyridine rings is 1. The molecule has 0 saturated heterocycles. The lowest BCUT2D eigenvalue weighted by molar-refractivity contribution is -0.122. The maximum atomic E-state index is 11.9. The van der Waals surface area contributed by atoms with Crippen LogP contribution in [0, 0.1) is 0 Å². The molecule has 4 nitrogen and oxygen atoms in total. The van der Waals surface area contributed by atoms with Crippen molar-refractivity contribution >= 4 is 5.91 Å². The smallest absolute Gasteiger partial charge is 0.236 e. The second-order valence-electron chi connectivity index (χ2n) is 4.88. The predicted molar refractivity (Wildman–Crippen MR) is 83.8 cm³/mol. The Labute approximate surface area is 125 Å². The van der Waals surface area contributed by atoms with Crippen LogP contribution in [0.3, 0.4) is 0 Å². The van der Waals surface area contributed by atoms with Crippen LogP contribution in [-0.4, -0.2) is 23.5 Å². The summed E-state index contributed by atoms with van der Waals surface area (Å²) in [6.07, 6.45) is 1.77. The third kappa shape index (κ3) is 4.13. The number of carbonyl (C=O) groups is 1. The minimum atomic E-state index is -0.294. The summed E-state index contributed by atoms with van der Waals surface area (Å²) < 4.78 is 0. The standard InChI is InChI=1S/C17H21N3O/c1-3-18-17(21)13(2)20-16(14-9-5-4-6-10-14)15-11-7-8-12-19-15/h4-13,16,20H,3H2,1-2H3,(H,18,21). The average molecular weight is 283 g/mol. The number of likely N-dealkylation sites (N-methyl/N-ethyl adjacent to an activating group) is 1. The highest BCUT2D eigenvalue weighted by Gasteiger charge is 2.20. The predicted octanol–water partition coefficient (Wildman–Crippen LogP) is 2.29. The van der Waals surface area contributed by atoms with E-state index in [0.29, 0.717) is 6.54 Å². The van der Waals surface area contributed by atoms with Gasteiger partial charge in [-0.2, -0.15) is 0 Å². The maximum absolute atomic E-state index is 11.9. The van der Waals surface area contributed by atoms with Crippen molar-refractivity contribution in [3.05, 3.63) is 66.0 Å². The van der Waals surface area contributed by atoms with Gasteiger partial charge in [0.05, 0.1) is 17.8 Å². The van der Waals surface area contributed by atoms with Gasteiger partial charge in [-0.25, -0.2) is 0 Å². The SMILES string of the molecule is CCNC(=O)C(C)NC(c1ccccc1)c1ccccn1. The van der Waals surface area contributed by atoms with Gasteiger partial charge in [-0.1, -0.05) is 36.4 Å². The van der Waals surface area contributed by atoms with E-state index < -0.39 is 0 Å². The molecule has 1 amide bonds. The van der Waals surface area contributed by atoms with Crippen LogP contribution in [0.1, 0.15) is 31.1 Å². The van der Waals surface area contributed by atoms with Crippen LogP contribution in [0.2, 0.25) is 0 Å². The Morgan fingerprint density at radius 3 is 2.48 bits per heavy atom. The molecular formula is C17H21N3O. The number of nitrogens with zero attached hydrogens (tertiary/aromatic N) is 1. The van der Waals surface area contributed by atoms with Crippen LogP contribution in [-0.2, 0) is 4.79 Å². The maximum Gasteiger partial charge on any atom is 0.236 e. The fraction of sp³-hybridized carbons (Fsp3) is 0.294. The van der Waals surface area contributed by atoms with Gasteiger partial charge in [0.25, 0.3) is 0 Å². The first-order valence-corrected chi connectivity index (χ1v) is 7.22. The number of nitrogens with one attached hydrogen (secondary N) is 2. The molecular weight excluding hydrogens is 262 g/mol. The van der Waals surface area contributed by atoms with Crippen molar-refractivity contribution in [2.45, 2.75) is 25.9 Å². The molecule has 1 aromatic carbocycles. The molecule has 2 rings (SSSR count). The third-order valence-corrected chi connectivity index (χ3v) is 3.28. The van der Waals surface area contributed by atoms with Crippen molar-refractivity contribution in [3.63, 3.8) is 0 Å². The summed E-state index contributed by atoms with van der Waals surface area (Å²) in [6.45, 7) is 4.41. The zero-order valence-corrected chi connectivity index (χ0v) is 12.4. The number of benzene rings is 1. The summed E-state index contributed by atoms with van der Waals surface area (Å²) in [5.41, 5.74) is 1.99. The Morgan fingerprint density at radius 2 is 1.86 bits per heavy atom. The molecule has 2 N–H and O–H groups in total. The van der Waals surface area contributed by atoms with E-state index in [1.807, 2.05) is 62.4 Å². The third-order valence-electron chi connectivity index (χ3n) is 3.28. The number of amides is 1. The molecule has 1 aromatic heterocycles. The molecule has 0 aliphatic heterocycles. The lowest BCUT2D eigenvalue weighted by Gasteiger charge is -2.23. The topological polar surface area (TPSA) is 54.0 Å². The zero-order chi connectivity index (χ0) is 15.1. The minimum absolute atomic E-state index is 0.00522. The van der Waals surface area contributed by atoms with Gasteiger partial charge in [0, 0.05) is 12.7 Å². The first kappa shape index (κ1) is 15.2. The van der Waals surface area contributed by atoms with Gasteiger partial charge in [-0.3, -0.25) is 15.1 Å². The van der Waals surface area contributed by atoms with Gasteiger partial charge in [-0.05, 0) is 31.5 Å². The Kier molecular flexibility index (Phi) is 5.46. The largest absolute Gasteiger partial charge is 0.355 e. The van der Waals surface area contributed by atoms with Crippen molar-refractivity contribution in [2.75, 3.05) is 6.54 Å². The molecule has 2 atom stereocenters. The highest BCUT2D eigenvalue weighted by molar-refractivity contribution is 5.81. The second kappa shape index (κ2) is 7.55. The van der Waals surface area contributed by atoms with Gasteiger partial charge in [0.15, 0.2) is 0 Å². The highest BCUT2D eigenvalue weighted by atomic mass is 16.2. The van der Waals surface area contributed by atoms with Crippen molar-refractivity contribution < 1.29 is 4.79 Å². The van der Waals surface area contributed by atoms with Crippen LogP contribution in [0.5, 0.6) is 0 Å². The van der Waals surface area contributed by atoms with Gasteiger partial charge >= 0.3 is 0 Å². The molecule has 0 radical (unpaired) electrons. The van der Waals surface area contributed by atoms with Crippen LogP contribution in [0.4, 0.5) is 0 Å². The minimum Gasteiger partial charge on any atom is -0.355 e. The van der Waals surface area contributed by atoms with E-state index in [4.69, 9.17) is 0 Å². The van der Waals surface area contributed by atoms with Gasteiger partial charge in [-0.15, -0.1) is 0 Å². The Hall–Kier alpha value is -2.20. The molecule has 0 fully saturated rings. The van der Waals surface area contributed by atoms with Crippen molar-refractivity contribution in [1.82, 2.24) is 15.6 Å². The number of rotatable bonds is 6. The van der Waals surface area contributed by atoms with Crippen molar-refractivity contribution in [1.29, 1.82) is 0 Å². The highest BCUT2D eigenvalue weighted by Crippen LogP contribution is 2.20. The van der Waals surface area contributed by atoms with E-state index in [0.717, 1.165) is 11.3 Å². The fourth-order valence-corrected chi connectivity index (χ4v) is 2.20. The van der Waals surface area contributed by atoms with Crippen LogP contribution >= 0.6 is 0 Å². The Balaban J connectivity index is 2.23. The second-order valence-corrected chi connectivity index (χ2v) is 4.88. The summed E-state index contributed by atoms with van der Waals surface area (Å²) in [5, 5.41) is 6.19. The summed E-state index contributed by atoms with van der Waals surface area (Å²) in [7, 11) is 0. The molecule has 110 valence electrons. The normalized spacial score (nSPS) is 13.4. The molecule has 0 bridgehead atoms. The van der Waals surface area contributed by atoms with E-state index in [2.05, 4.69) is 15.6 Å². The quantitative estimate of drug-likeness (QED) is 0.855. The van der Waals surface area contributed by atoms with Gasteiger partial charge < -0.3 is 5.32 Å². The van der Waals surface area contributed by atoms with E-state index in [9.17, 15) is 4.79 Å². The molecule has 2 unspecified atom stereocenters. The Morgan fingerprint density at radius 1 is 1.14 bits per heavy atom. The van der Waals surface area contributed by atoms with E-state index in [1.54, 1.807) is 6.20 Å². The van der Waals surface area contributed by atoms with Crippen molar-refractivity contribution in [2.24, 2.45) is 0 Å². The molecule has 0 spiro atoms. The Bertz CT molecular complexity index is 517. The molecule has 0 aliphatic carbocycles. The summed E-state index contributed by atoms with van der Waals surface area (Å²) in [4.78, 5) is 16.4. The van der Waals surface area contributed by atoms with E-state index >= 15 is 0 Å². The molecule has 21 heavy (non-hydrogen) atoms. The molecule has 2 aromatic rings. The van der Waals surface area contributed by atoms with Crippen molar-refractivity contribution in [3.8, 4) is 0 Å². The van der Waals surface area contributed by atoms with E-state index in [1.165, 1.54) is 0 Å². The summed E-state index contributed by atoms with van der Waals surface area (Å²) >= 11 is 0. The first-order chi connectivity index (χ1) is 10.2. The number of hydrogen-bond acceptors (Lipinski definition) is 3. The molecule has 4 heteroatoms. The molecule has 0 aliphatic rings. The van der Waals surface area contributed by atoms with Gasteiger partial charge in [0.2, 0.25) is 5.91 Å². The molecule has 0 saturated carbocycles. The summed E-state index contributed by atoms with van der Waals surface area (Å²) in [5.74, 6) is -0.00522. The summed E-state index contributed by atoms with van der Waals surface area (Å²) in [6, 6.07) is 15.4. The zero-order valence-electron chi connectivity index (χ0n) is 12.4. The average Bonchev–Trinajstić information content (AvgIpc) is 2.54. The first-order valence-electron chi connectivity index (χ1n) is 7.22.